The van der Waals surface area contributed by atoms with Gasteiger partial charge in [-0.3, -0.25) is 14.7 Å². The summed E-state index contributed by atoms with van der Waals surface area (Å²) in [4.78, 5) is 37.0. The van der Waals surface area contributed by atoms with E-state index in [4.69, 9.17) is 4.42 Å². The van der Waals surface area contributed by atoms with Crippen molar-refractivity contribution in [2.75, 3.05) is 23.0 Å². The van der Waals surface area contributed by atoms with E-state index in [0.29, 0.717) is 36.0 Å². The minimum atomic E-state index is -0.736. The highest BCUT2D eigenvalue weighted by atomic mass is 32.2. The standard InChI is InChI=1S/C24H23N7O3S/c1-31-18-13-26-20(25-12-16-8-5-9-34-16)11-19(18)35-14-17(24(31)33)27-23(32)22-28-21(29-30-22)10-15-6-3-2-4-7-15/h2-9,11,13,17H,10,12,14H2,1H3,(H,25,26)(H,27,32)(H,28,29,30)/t17-/m0/s1. The molecule has 0 bridgehead atoms. The van der Waals surface area contributed by atoms with E-state index in [1.807, 2.05) is 48.5 Å². The lowest BCUT2D eigenvalue weighted by molar-refractivity contribution is -0.119. The van der Waals surface area contributed by atoms with Gasteiger partial charge in [0.2, 0.25) is 11.7 Å². The van der Waals surface area contributed by atoms with Crippen molar-refractivity contribution < 1.29 is 14.0 Å². The Hall–Kier alpha value is -4.12. The maximum Gasteiger partial charge on any atom is 0.291 e. The predicted molar refractivity (Wildman–Crippen MR) is 131 cm³/mol. The van der Waals surface area contributed by atoms with E-state index in [-0.39, 0.29) is 11.7 Å². The molecule has 1 aliphatic rings. The van der Waals surface area contributed by atoms with E-state index < -0.39 is 11.9 Å². The Balaban J connectivity index is 1.24. The highest BCUT2D eigenvalue weighted by molar-refractivity contribution is 7.99. The van der Waals surface area contributed by atoms with Crippen molar-refractivity contribution in [1.82, 2.24) is 25.5 Å². The van der Waals surface area contributed by atoms with Crippen LogP contribution in [0.25, 0.3) is 0 Å². The van der Waals surface area contributed by atoms with Gasteiger partial charge in [0.1, 0.15) is 23.4 Å². The van der Waals surface area contributed by atoms with Crippen LogP contribution in [0, 0.1) is 0 Å². The predicted octanol–water partition coefficient (Wildman–Crippen LogP) is 2.86. The van der Waals surface area contributed by atoms with E-state index in [9.17, 15) is 9.59 Å². The van der Waals surface area contributed by atoms with Crippen LogP contribution < -0.4 is 15.5 Å². The first-order chi connectivity index (χ1) is 17.1. The third-order valence-corrected chi connectivity index (χ3v) is 6.66. The second kappa shape index (κ2) is 10.0. The molecular weight excluding hydrogens is 466 g/mol. The monoisotopic (exact) mass is 489 g/mol. The van der Waals surface area contributed by atoms with Crippen LogP contribution in [0.1, 0.15) is 27.8 Å². The summed E-state index contributed by atoms with van der Waals surface area (Å²) in [5.74, 6) is 1.68. The lowest BCUT2D eigenvalue weighted by Crippen LogP contribution is -2.48. The number of anilines is 2. The molecule has 0 radical (unpaired) electrons. The number of carbonyl (C=O) groups excluding carboxylic acids is 2. The first-order valence-corrected chi connectivity index (χ1v) is 12.0. The smallest absolute Gasteiger partial charge is 0.291 e. The molecule has 3 N–H and O–H groups in total. The van der Waals surface area contributed by atoms with E-state index in [1.165, 1.54) is 16.7 Å². The fraction of sp³-hybridized carbons (Fsp3) is 0.208. The summed E-state index contributed by atoms with van der Waals surface area (Å²) >= 11 is 1.48. The molecule has 10 nitrogen and oxygen atoms in total. The molecule has 178 valence electrons. The number of pyridine rings is 1. The van der Waals surface area contributed by atoms with Crippen molar-refractivity contribution in [2.45, 2.75) is 23.9 Å². The van der Waals surface area contributed by atoms with Crippen LogP contribution in [-0.2, 0) is 17.8 Å². The Labute approximate surface area is 205 Å². The van der Waals surface area contributed by atoms with Crippen molar-refractivity contribution in [3.63, 3.8) is 0 Å². The SMILES string of the molecule is CN1C(=O)[C@@H](NC(=O)c2n[nH]c(Cc3ccccc3)n2)CSc2cc(NCc3ccco3)ncc21. The molecule has 0 aliphatic carbocycles. The zero-order valence-corrected chi connectivity index (χ0v) is 19.7. The molecule has 2 amide bonds. The van der Waals surface area contributed by atoms with Gasteiger partial charge in [0.25, 0.3) is 5.91 Å². The van der Waals surface area contributed by atoms with Gasteiger partial charge in [-0.25, -0.2) is 9.97 Å². The number of hydrogen-bond acceptors (Lipinski definition) is 8. The number of rotatable bonds is 7. The van der Waals surface area contributed by atoms with Crippen LogP contribution in [0.5, 0.6) is 0 Å². The fourth-order valence-electron chi connectivity index (χ4n) is 3.67. The van der Waals surface area contributed by atoms with Gasteiger partial charge < -0.3 is 20.0 Å². The van der Waals surface area contributed by atoms with Gasteiger partial charge in [-0.15, -0.1) is 16.9 Å². The number of furan rings is 1. The number of H-pyrrole nitrogens is 1. The number of amides is 2. The number of fused-ring (bicyclic) bond motifs is 1. The van der Waals surface area contributed by atoms with Crippen LogP contribution in [-0.4, -0.2) is 50.8 Å². The molecule has 4 heterocycles. The van der Waals surface area contributed by atoms with Crippen LogP contribution in [0.3, 0.4) is 0 Å². The van der Waals surface area contributed by atoms with E-state index in [1.54, 1.807) is 19.5 Å². The topological polar surface area (TPSA) is 129 Å². The zero-order chi connectivity index (χ0) is 24.2. The Kier molecular flexibility index (Phi) is 6.49. The van der Waals surface area contributed by atoms with Crippen LogP contribution in [0.4, 0.5) is 11.5 Å². The maximum absolute atomic E-state index is 13.1. The molecule has 0 spiro atoms. The van der Waals surface area contributed by atoms with Crippen molar-refractivity contribution in [2.24, 2.45) is 0 Å². The average molecular weight is 490 g/mol. The fourth-order valence-corrected chi connectivity index (χ4v) is 4.78. The van der Waals surface area contributed by atoms with Gasteiger partial charge in [-0.05, 0) is 23.8 Å². The molecule has 3 aromatic heterocycles. The molecule has 0 saturated heterocycles. The second-order valence-corrected chi connectivity index (χ2v) is 9.03. The zero-order valence-electron chi connectivity index (χ0n) is 18.9. The third kappa shape index (κ3) is 5.19. The molecule has 1 aliphatic heterocycles. The molecule has 0 saturated carbocycles. The van der Waals surface area contributed by atoms with Crippen LogP contribution in [0.2, 0.25) is 0 Å². The van der Waals surface area contributed by atoms with Crippen LogP contribution in [0.15, 0.2) is 70.3 Å². The largest absolute Gasteiger partial charge is 0.467 e. The molecule has 0 fully saturated rings. The summed E-state index contributed by atoms with van der Waals surface area (Å²) in [5, 5.41) is 12.8. The van der Waals surface area contributed by atoms with Crippen molar-refractivity contribution in [3.8, 4) is 0 Å². The van der Waals surface area contributed by atoms with E-state index in [2.05, 4.69) is 30.8 Å². The minimum absolute atomic E-state index is 0.00391. The molecule has 1 atom stereocenters. The molecular formula is C24H23N7O3S. The highest BCUT2D eigenvalue weighted by Gasteiger charge is 2.31. The molecule has 35 heavy (non-hydrogen) atoms. The van der Waals surface area contributed by atoms with Crippen molar-refractivity contribution >= 4 is 35.1 Å². The number of hydrogen-bond donors (Lipinski definition) is 3. The Morgan fingerprint density at radius 2 is 2.11 bits per heavy atom. The Morgan fingerprint density at radius 3 is 2.91 bits per heavy atom. The normalized spacial score (nSPS) is 15.4. The number of aromatic nitrogens is 4. The number of thioether (sulfide) groups is 1. The third-order valence-electron chi connectivity index (χ3n) is 5.52. The van der Waals surface area contributed by atoms with Gasteiger partial charge in [-0.2, -0.15) is 0 Å². The average Bonchev–Trinajstić information content (AvgIpc) is 3.55. The summed E-state index contributed by atoms with van der Waals surface area (Å²) in [6, 6.07) is 14.6. The lowest BCUT2D eigenvalue weighted by atomic mass is 10.1. The second-order valence-electron chi connectivity index (χ2n) is 7.97. The van der Waals surface area contributed by atoms with Gasteiger partial charge >= 0.3 is 0 Å². The summed E-state index contributed by atoms with van der Waals surface area (Å²) in [6.45, 7) is 0.500. The van der Waals surface area contributed by atoms with Crippen molar-refractivity contribution in [1.29, 1.82) is 0 Å². The molecule has 0 unspecified atom stereocenters. The highest BCUT2D eigenvalue weighted by Crippen LogP contribution is 2.34. The summed E-state index contributed by atoms with van der Waals surface area (Å²) in [5.41, 5.74) is 1.74. The number of likely N-dealkylation sites (N-methyl/N-ethyl adjacent to an activating group) is 1. The molecule has 11 heteroatoms. The van der Waals surface area contributed by atoms with Gasteiger partial charge in [0.05, 0.1) is 24.7 Å². The lowest BCUT2D eigenvalue weighted by Gasteiger charge is -2.21. The summed E-state index contributed by atoms with van der Waals surface area (Å²) in [7, 11) is 1.68. The van der Waals surface area contributed by atoms with E-state index in [0.717, 1.165) is 16.2 Å². The Morgan fingerprint density at radius 1 is 1.26 bits per heavy atom. The number of carbonyl (C=O) groups is 2. The first-order valence-electron chi connectivity index (χ1n) is 11.0. The minimum Gasteiger partial charge on any atom is -0.467 e. The number of nitrogens with one attached hydrogen (secondary N) is 3. The van der Waals surface area contributed by atoms with Gasteiger partial charge in [-0.1, -0.05) is 30.3 Å². The van der Waals surface area contributed by atoms with Crippen LogP contribution >= 0.6 is 11.8 Å². The van der Waals surface area contributed by atoms with E-state index >= 15 is 0 Å². The van der Waals surface area contributed by atoms with Crippen molar-refractivity contribution in [3.05, 3.63) is 84.0 Å². The molecule has 5 rings (SSSR count). The number of aromatic amines is 1. The molecule has 1 aromatic carbocycles. The number of benzene rings is 1. The molecule has 4 aromatic rings. The van der Waals surface area contributed by atoms with Gasteiger partial charge in [0, 0.05) is 24.1 Å². The summed E-state index contributed by atoms with van der Waals surface area (Å²) in [6.07, 6.45) is 3.80. The first kappa shape index (κ1) is 22.7. The quantitative estimate of drug-likeness (QED) is 0.361. The maximum atomic E-state index is 13.1. The Bertz CT molecular complexity index is 1320. The summed E-state index contributed by atoms with van der Waals surface area (Å²) < 4.78 is 5.34. The number of nitrogens with zero attached hydrogens (tertiary/aromatic N) is 4. The van der Waals surface area contributed by atoms with Gasteiger partial charge in [0.15, 0.2) is 0 Å².